The molecule has 0 bridgehead atoms. The van der Waals surface area contributed by atoms with E-state index in [1.807, 2.05) is 89.8 Å². The highest BCUT2D eigenvalue weighted by Gasteiger charge is 2.47. The van der Waals surface area contributed by atoms with Crippen LogP contribution in [0.5, 0.6) is 5.75 Å². The Labute approximate surface area is 230 Å². The molecule has 1 N–H and O–H groups in total. The van der Waals surface area contributed by atoms with Crippen molar-refractivity contribution in [3.8, 4) is 16.9 Å². The smallest absolute Gasteiger partial charge is 0.255 e. The summed E-state index contributed by atoms with van der Waals surface area (Å²) in [5.74, 6) is 0.241. The van der Waals surface area contributed by atoms with Crippen LogP contribution in [0, 0.1) is 0 Å². The van der Waals surface area contributed by atoms with Gasteiger partial charge < -0.3 is 15.0 Å². The van der Waals surface area contributed by atoms with E-state index < -0.39 is 11.0 Å². The number of amides is 2. The van der Waals surface area contributed by atoms with Gasteiger partial charge in [-0.3, -0.25) is 9.59 Å². The highest BCUT2D eigenvalue weighted by Crippen LogP contribution is 2.52. The van der Waals surface area contributed by atoms with Crippen LogP contribution in [-0.4, -0.2) is 24.5 Å². The Hall–Kier alpha value is -4.38. The van der Waals surface area contributed by atoms with Gasteiger partial charge in [0.15, 0.2) is 0 Å². The zero-order valence-electron chi connectivity index (χ0n) is 23.1. The lowest BCUT2D eigenvalue weighted by atomic mass is 9.65. The van der Waals surface area contributed by atoms with Crippen LogP contribution in [0.3, 0.4) is 0 Å². The fraction of sp³-hybridized carbons (Fsp3) is 0.235. The summed E-state index contributed by atoms with van der Waals surface area (Å²) in [6, 6.07) is 31.8. The van der Waals surface area contributed by atoms with Crippen LogP contribution in [0.2, 0.25) is 0 Å². The molecule has 0 saturated heterocycles. The Kier molecular flexibility index (Phi) is 6.77. The van der Waals surface area contributed by atoms with Crippen molar-refractivity contribution < 1.29 is 14.3 Å². The Balaban J connectivity index is 1.56. The second-order valence-electron chi connectivity index (χ2n) is 11.0. The van der Waals surface area contributed by atoms with Crippen molar-refractivity contribution in [2.24, 2.45) is 0 Å². The van der Waals surface area contributed by atoms with Gasteiger partial charge in [-0.15, -0.1) is 0 Å². The summed E-state index contributed by atoms with van der Waals surface area (Å²) < 4.78 is 5.74. The average molecular weight is 519 g/mol. The van der Waals surface area contributed by atoms with Crippen LogP contribution in [0.1, 0.15) is 55.6 Å². The highest BCUT2D eigenvalue weighted by atomic mass is 16.5. The van der Waals surface area contributed by atoms with Crippen molar-refractivity contribution in [2.45, 2.75) is 45.1 Å². The first-order valence-corrected chi connectivity index (χ1v) is 13.2. The van der Waals surface area contributed by atoms with Crippen LogP contribution in [0.15, 0.2) is 97.1 Å². The van der Waals surface area contributed by atoms with E-state index in [4.69, 9.17) is 4.74 Å². The minimum absolute atomic E-state index is 0.0336. The van der Waals surface area contributed by atoms with E-state index in [1.54, 1.807) is 14.0 Å². The number of nitrogens with one attached hydrogen (secondary N) is 1. The van der Waals surface area contributed by atoms with Crippen molar-refractivity contribution in [1.82, 2.24) is 0 Å². The normalized spacial score (nSPS) is 17.7. The number of hydrogen-bond donors (Lipinski definition) is 1. The van der Waals surface area contributed by atoms with Crippen LogP contribution in [0.4, 0.5) is 11.4 Å². The van der Waals surface area contributed by atoms with E-state index in [0.29, 0.717) is 17.0 Å². The standard InChI is InChI=1S/C34H34N2O3/c1-23(37)36-30-21-31(39-5)29(20-28(30)34(4,22-33(36,2)3)27-14-10-7-11-15-27)35-32(38)26-18-16-25(17-19-26)24-12-8-6-9-13-24/h6-21H,22H2,1-5H3,(H,35,38). The average Bonchev–Trinajstić information content (AvgIpc) is 2.93. The van der Waals surface area contributed by atoms with E-state index in [1.165, 1.54) is 0 Å². The van der Waals surface area contributed by atoms with Crippen molar-refractivity contribution >= 4 is 23.2 Å². The summed E-state index contributed by atoms with van der Waals surface area (Å²) in [7, 11) is 1.58. The van der Waals surface area contributed by atoms with Gasteiger partial charge in [0.1, 0.15) is 5.75 Å². The van der Waals surface area contributed by atoms with Gasteiger partial charge in [0, 0.05) is 29.5 Å². The molecule has 0 aromatic heterocycles. The Bertz CT molecular complexity index is 1510. The summed E-state index contributed by atoms with van der Waals surface area (Å²) in [6.45, 7) is 8.00. The summed E-state index contributed by atoms with van der Waals surface area (Å²) in [6.07, 6.45) is 0.720. The van der Waals surface area contributed by atoms with Gasteiger partial charge in [-0.2, -0.15) is 0 Å². The third-order valence-electron chi connectivity index (χ3n) is 7.77. The number of hydrogen-bond acceptors (Lipinski definition) is 3. The second kappa shape index (κ2) is 10.1. The van der Waals surface area contributed by atoms with Gasteiger partial charge in [-0.1, -0.05) is 79.7 Å². The molecule has 0 fully saturated rings. The molecule has 1 aliphatic rings. The molecular formula is C34H34N2O3. The Morgan fingerprint density at radius 2 is 1.41 bits per heavy atom. The zero-order valence-corrected chi connectivity index (χ0v) is 23.1. The largest absolute Gasteiger partial charge is 0.494 e. The number of nitrogens with zero attached hydrogens (tertiary/aromatic N) is 1. The predicted molar refractivity (Wildman–Crippen MR) is 158 cm³/mol. The Morgan fingerprint density at radius 1 is 0.821 bits per heavy atom. The van der Waals surface area contributed by atoms with Gasteiger partial charge in [0.2, 0.25) is 5.91 Å². The van der Waals surface area contributed by atoms with Crippen molar-refractivity contribution in [3.05, 3.63) is 114 Å². The van der Waals surface area contributed by atoms with Crippen LogP contribution in [0.25, 0.3) is 11.1 Å². The third kappa shape index (κ3) is 4.81. The number of anilines is 2. The number of ether oxygens (including phenoxy) is 1. The molecule has 5 heteroatoms. The molecule has 0 aliphatic carbocycles. The lowest BCUT2D eigenvalue weighted by molar-refractivity contribution is -0.117. The van der Waals surface area contributed by atoms with Gasteiger partial charge >= 0.3 is 0 Å². The monoisotopic (exact) mass is 518 g/mol. The molecule has 0 radical (unpaired) electrons. The molecular weight excluding hydrogens is 484 g/mol. The maximum Gasteiger partial charge on any atom is 0.255 e. The first-order chi connectivity index (χ1) is 18.6. The minimum atomic E-state index is -0.431. The number of fused-ring (bicyclic) bond motifs is 1. The molecule has 4 aromatic carbocycles. The first-order valence-electron chi connectivity index (χ1n) is 13.2. The van der Waals surface area contributed by atoms with Crippen LogP contribution < -0.4 is 15.0 Å². The molecule has 2 amide bonds. The fourth-order valence-corrected chi connectivity index (χ4v) is 6.13. The topological polar surface area (TPSA) is 58.6 Å². The number of benzene rings is 4. The van der Waals surface area contributed by atoms with E-state index in [0.717, 1.165) is 34.4 Å². The van der Waals surface area contributed by atoms with Gasteiger partial charge in [0.05, 0.1) is 18.5 Å². The van der Waals surface area contributed by atoms with E-state index in [9.17, 15) is 9.59 Å². The van der Waals surface area contributed by atoms with Crippen molar-refractivity contribution in [2.75, 3.05) is 17.3 Å². The molecule has 1 unspecified atom stereocenters. The van der Waals surface area contributed by atoms with Gasteiger partial charge in [-0.05, 0) is 60.7 Å². The zero-order chi connectivity index (χ0) is 27.8. The molecule has 1 aliphatic heterocycles. The van der Waals surface area contributed by atoms with Gasteiger partial charge in [0.25, 0.3) is 5.91 Å². The summed E-state index contributed by atoms with van der Waals surface area (Å²) >= 11 is 0. The fourth-order valence-electron chi connectivity index (χ4n) is 6.13. The number of methoxy groups -OCH3 is 1. The maximum absolute atomic E-state index is 13.4. The third-order valence-corrected chi connectivity index (χ3v) is 7.77. The molecule has 0 spiro atoms. The summed E-state index contributed by atoms with van der Waals surface area (Å²) in [5, 5.41) is 3.07. The number of carbonyl (C=O) groups excluding carboxylic acids is 2. The SMILES string of the molecule is COc1cc2c(cc1NC(=O)c1ccc(-c3ccccc3)cc1)C(C)(c1ccccc1)CC(C)(C)N2C(C)=O. The summed E-state index contributed by atoms with van der Waals surface area (Å²) in [4.78, 5) is 28.1. The van der Waals surface area contributed by atoms with E-state index in [2.05, 4.69) is 38.2 Å². The molecule has 198 valence electrons. The molecule has 1 atom stereocenters. The molecule has 5 rings (SSSR count). The predicted octanol–water partition coefficient (Wildman–Crippen LogP) is 7.46. The lowest BCUT2D eigenvalue weighted by Crippen LogP contribution is -2.55. The maximum atomic E-state index is 13.4. The molecule has 5 nitrogen and oxygen atoms in total. The second-order valence-corrected chi connectivity index (χ2v) is 11.0. The number of rotatable bonds is 5. The molecule has 4 aromatic rings. The first kappa shape index (κ1) is 26.2. The molecule has 0 saturated carbocycles. The quantitative estimate of drug-likeness (QED) is 0.298. The number of carbonyl (C=O) groups is 2. The lowest BCUT2D eigenvalue weighted by Gasteiger charge is -2.51. The Morgan fingerprint density at radius 3 is 2.00 bits per heavy atom. The van der Waals surface area contributed by atoms with E-state index >= 15 is 0 Å². The van der Waals surface area contributed by atoms with Gasteiger partial charge in [-0.25, -0.2) is 0 Å². The molecule has 1 heterocycles. The highest BCUT2D eigenvalue weighted by molar-refractivity contribution is 6.06. The van der Waals surface area contributed by atoms with Crippen molar-refractivity contribution in [3.63, 3.8) is 0 Å². The van der Waals surface area contributed by atoms with Crippen LogP contribution in [-0.2, 0) is 10.2 Å². The minimum Gasteiger partial charge on any atom is -0.494 e. The van der Waals surface area contributed by atoms with E-state index in [-0.39, 0.29) is 11.8 Å². The molecule has 39 heavy (non-hydrogen) atoms. The van der Waals surface area contributed by atoms with Crippen molar-refractivity contribution in [1.29, 1.82) is 0 Å². The summed E-state index contributed by atoms with van der Waals surface area (Å²) in [5.41, 5.74) is 5.36. The van der Waals surface area contributed by atoms with Crippen LogP contribution >= 0.6 is 0 Å².